The average Bonchev–Trinajstić information content (AvgIpc) is 2.31. The number of benzene rings is 1. The van der Waals surface area contributed by atoms with E-state index in [0.717, 1.165) is 11.3 Å². The van der Waals surface area contributed by atoms with Gasteiger partial charge in [-0.15, -0.1) is 0 Å². The summed E-state index contributed by atoms with van der Waals surface area (Å²) in [6, 6.07) is 5.74. The SMILES string of the molecule is CCOc1ccc(N)cc1CN(C)CC(=O)NC(C)C. The Labute approximate surface area is 121 Å². The second-order valence-corrected chi connectivity index (χ2v) is 5.19. The predicted molar refractivity (Wildman–Crippen MR) is 81.6 cm³/mol. The van der Waals surface area contributed by atoms with E-state index in [0.29, 0.717) is 25.4 Å². The number of amides is 1. The van der Waals surface area contributed by atoms with Gasteiger partial charge in [-0.1, -0.05) is 0 Å². The molecule has 1 aromatic rings. The van der Waals surface area contributed by atoms with Gasteiger partial charge in [0.2, 0.25) is 5.91 Å². The van der Waals surface area contributed by atoms with Gasteiger partial charge in [0.25, 0.3) is 0 Å². The van der Waals surface area contributed by atoms with Crippen LogP contribution in [0.25, 0.3) is 0 Å². The standard InChI is InChI=1S/C15H25N3O2/c1-5-20-14-7-6-13(16)8-12(14)9-18(4)10-15(19)17-11(2)3/h6-8,11H,5,9-10,16H2,1-4H3,(H,17,19). The Bertz CT molecular complexity index is 447. The van der Waals surface area contributed by atoms with Gasteiger partial charge >= 0.3 is 0 Å². The zero-order valence-corrected chi connectivity index (χ0v) is 12.8. The molecule has 0 aliphatic heterocycles. The van der Waals surface area contributed by atoms with Crippen molar-refractivity contribution < 1.29 is 9.53 Å². The Morgan fingerprint density at radius 1 is 1.45 bits per heavy atom. The lowest BCUT2D eigenvalue weighted by Crippen LogP contribution is -2.38. The highest BCUT2D eigenvalue weighted by molar-refractivity contribution is 5.78. The number of hydrogen-bond acceptors (Lipinski definition) is 4. The molecular formula is C15H25N3O2. The molecule has 0 aliphatic carbocycles. The molecule has 0 heterocycles. The third kappa shape index (κ3) is 5.48. The van der Waals surface area contributed by atoms with Gasteiger partial charge < -0.3 is 15.8 Å². The summed E-state index contributed by atoms with van der Waals surface area (Å²) in [5.41, 5.74) is 7.50. The number of nitrogens with two attached hydrogens (primary N) is 1. The topological polar surface area (TPSA) is 67.6 Å². The number of nitrogen functional groups attached to an aromatic ring is 1. The highest BCUT2D eigenvalue weighted by Gasteiger charge is 2.11. The van der Waals surface area contributed by atoms with Crippen LogP contribution in [0.15, 0.2) is 18.2 Å². The van der Waals surface area contributed by atoms with E-state index in [4.69, 9.17) is 10.5 Å². The summed E-state index contributed by atoms with van der Waals surface area (Å²) in [5, 5.41) is 2.87. The molecule has 1 amide bonds. The Morgan fingerprint density at radius 2 is 2.15 bits per heavy atom. The van der Waals surface area contributed by atoms with E-state index >= 15 is 0 Å². The molecule has 5 nitrogen and oxygen atoms in total. The van der Waals surface area contributed by atoms with Crippen molar-refractivity contribution in [1.29, 1.82) is 0 Å². The smallest absolute Gasteiger partial charge is 0.234 e. The Kier molecular flexibility index (Phi) is 6.31. The number of carbonyl (C=O) groups excluding carboxylic acids is 1. The minimum Gasteiger partial charge on any atom is -0.494 e. The lowest BCUT2D eigenvalue weighted by molar-refractivity contribution is -0.122. The number of nitrogens with one attached hydrogen (secondary N) is 1. The third-order valence-corrected chi connectivity index (χ3v) is 2.69. The molecule has 0 aliphatic rings. The largest absolute Gasteiger partial charge is 0.494 e. The summed E-state index contributed by atoms with van der Waals surface area (Å²) in [7, 11) is 1.90. The van der Waals surface area contributed by atoms with Crippen LogP contribution in [0.3, 0.4) is 0 Å². The zero-order chi connectivity index (χ0) is 15.1. The second-order valence-electron chi connectivity index (χ2n) is 5.19. The molecule has 3 N–H and O–H groups in total. The number of ether oxygens (including phenoxy) is 1. The molecule has 20 heavy (non-hydrogen) atoms. The van der Waals surface area contributed by atoms with Crippen molar-refractivity contribution in [2.24, 2.45) is 0 Å². The number of anilines is 1. The molecule has 112 valence electrons. The molecule has 0 atom stereocenters. The predicted octanol–water partition coefficient (Wildman–Crippen LogP) is 1.62. The summed E-state index contributed by atoms with van der Waals surface area (Å²) in [6.07, 6.45) is 0. The van der Waals surface area contributed by atoms with Gasteiger partial charge in [0, 0.05) is 23.8 Å². The highest BCUT2D eigenvalue weighted by atomic mass is 16.5. The molecule has 1 rings (SSSR count). The Balaban J connectivity index is 2.67. The van der Waals surface area contributed by atoms with Gasteiger partial charge in [-0.3, -0.25) is 9.69 Å². The summed E-state index contributed by atoms with van der Waals surface area (Å²) < 4.78 is 5.58. The van der Waals surface area contributed by atoms with E-state index in [1.54, 1.807) is 0 Å². The molecule has 0 saturated carbocycles. The fourth-order valence-corrected chi connectivity index (χ4v) is 1.98. The number of hydrogen-bond donors (Lipinski definition) is 2. The second kappa shape index (κ2) is 7.75. The quantitative estimate of drug-likeness (QED) is 0.744. The Morgan fingerprint density at radius 3 is 2.75 bits per heavy atom. The zero-order valence-electron chi connectivity index (χ0n) is 12.8. The molecule has 0 fully saturated rings. The minimum absolute atomic E-state index is 0.0179. The van der Waals surface area contributed by atoms with Crippen molar-refractivity contribution >= 4 is 11.6 Å². The van der Waals surface area contributed by atoms with E-state index < -0.39 is 0 Å². The van der Waals surface area contributed by atoms with Crippen LogP contribution in [-0.4, -0.2) is 37.0 Å². The van der Waals surface area contributed by atoms with Crippen molar-refractivity contribution in [3.8, 4) is 5.75 Å². The lowest BCUT2D eigenvalue weighted by Gasteiger charge is -2.19. The first-order chi connectivity index (χ1) is 9.42. The molecule has 1 aromatic carbocycles. The van der Waals surface area contributed by atoms with Gasteiger partial charge in [-0.2, -0.15) is 0 Å². The molecule has 0 bridgehead atoms. The maximum atomic E-state index is 11.7. The van der Waals surface area contributed by atoms with Crippen LogP contribution >= 0.6 is 0 Å². The molecule has 0 radical (unpaired) electrons. The van der Waals surface area contributed by atoms with Crippen LogP contribution in [0.1, 0.15) is 26.3 Å². The lowest BCUT2D eigenvalue weighted by atomic mass is 10.1. The van der Waals surface area contributed by atoms with E-state index in [2.05, 4.69) is 5.32 Å². The van der Waals surface area contributed by atoms with Crippen molar-refractivity contribution in [3.05, 3.63) is 23.8 Å². The molecule has 0 saturated heterocycles. The van der Waals surface area contributed by atoms with Gasteiger partial charge in [-0.25, -0.2) is 0 Å². The van der Waals surface area contributed by atoms with Crippen molar-refractivity contribution in [2.75, 3.05) is 25.9 Å². The molecule has 5 heteroatoms. The van der Waals surface area contributed by atoms with Crippen molar-refractivity contribution in [3.63, 3.8) is 0 Å². The minimum atomic E-state index is 0.0179. The average molecular weight is 279 g/mol. The van der Waals surface area contributed by atoms with Gasteiger partial charge in [-0.05, 0) is 46.0 Å². The molecule has 0 unspecified atom stereocenters. The van der Waals surface area contributed by atoms with Crippen LogP contribution in [-0.2, 0) is 11.3 Å². The first-order valence-electron chi connectivity index (χ1n) is 6.91. The maximum Gasteiger partial charge on any atom is 0.234 e. The normalized spacial score (nSPS) is 10.9. The van der Waals surface area contributed by atoms with E-state index in [-0.39, 0.29) is 11.9 Å². The fourth-order valence-electron chi connectivity index (χ4n) is 1.98. The van der Waals surface area contributed by atoms with Crippen LogP contribution in [0.2, 0.25) is 0 Å². The van der Waals surface area contributed by atoms with Crippen molar-refractivity contribution in [1.82, 2.24) is 10.2 Å². The summed E-state index contributed by atoms with van der Waals surface area (Å²) in [6.45, 7) is 7.41. The number of rotatable bonds is 7. The fraction of sp³-hybridized carbons (Fsp3) is 0.533. The van der Waals surface area contributed by atoms with Gasteiger partial charge in [0.1, 0.15) is 5.75 Å². The van der Waals surface area contributed by atoms with Gasteiger partial charge in [0.05, 0.1) is 13.2 Å². The van der Waals surface area contributed by atoms with Crippen LogP contribution in [0, 0.1) is 0 Å². The summed E-state index contributed by atoms with van der Waals surface area (Å²) in [4.78, 5) is 13.7. The number of carbonyl (C=O) groups is 1. The first-order valence-corrected chi connectivity index (χ1v) is 6.91. The van der Waals surface area contributed by atoms with E-state index in [1.807, 2.05) is 50.9 Å². The first kappa shape index (κ1) is 16.3. The van der Waals surface area contributed by atoms with E-state index in [1.165, 1.54) is 0 Å². The monoisotopic (exact) mass is 279 g/mol. The highest BCUT2D eigenvalue weighted by Crippen LogP contribution is 2.22. The maximum absolute atomic E-state index is 11.7. The summed E-state index contributed by atoms with van der Waals surface area (Å²) in [5.74, 6) is 0.835. The van der Waals surface area contributed by atoms with Crippen LogP contribution < -0.4 is 15.8 Å². The third-order valence-electron chi connectivity index (χ3n) is 2.69. The number of likely N-dealkylation sites (N-methyl/N-ethyl adjacent to an activating group) is 1. The van der Waals surface area contributed by atoms with Crippen LogP contribution in [0.5, 0.6) is 5.75 Å². The number of nitrogens with zero attached hydrogens (tertiary/aromatic N) is 1. The van der Waals surface area contributed by atoms with Gasteiger partial charge in [0.15, 0.2) is 0 Å². The molecular weight excluding hydrogens is 254 g/mol. The summed E-state index contributed by atoms with van der Waals surface area (Å²) >= 11 is 0. The van der Waals surface area contributed by atoms with E-state index in [9.17, 15) is 4.79 Å². The molecule has 0 spiro atoms. The molecule has 0 aromatic heterocycles. The Hall–Kier alpha value is -1.75. The van der Waals surface area contributed by atoms with Crippen LogP contribution in [0.4, 0.5) is 5.69 Å². The van der Waals surface area contributed by atoms with Crippen molar-refractivity contribution in [2.45, 2.75) is 33.4 Å².